The molecule has 1 unspecified atom stereocenters. The molecule has 118 valence electrons. The number of carbonyl (C=O) groups excluding carboxylic acids is 1. The Labute approximate surface area is 128 Å². The van der Waals surface area contributed by atoms with E-state index < -0.39 is 0 Å². The third-order valence-corrected chi connectivity index (χ3v) is 4.26. The van der Waals surface area contributed by atoms with E-state index in [1.165, 1.54) is 11.5 Å². The molecule has 1 aliphatic heterocycles. The van der Waals surface area contributed by atoms with E-state index >= 15 is 0 Å². The Morgan fingerprint density at radius 1 is 1.62 bits per heavy atom. The lowest BCUT2D eigenvalue weighted by Gasteiger charge is -2.26. The van der Waals surface area contributed by atoms with Crippen LogP contribution in [0.1, 0.15) is 30.6 Å². The maximum absolute atomic E-state index is 12.2. The molecule has 1 amide bonds. The lowest BCUT2D eigenvalue weighted by molar-refractivity contribution is -0.00616. The molecule has 1 saturated heterocycles. The third-order valence-electron chi connectivity index (χ3n) is 3.44. The van der Waals surface area contributed by atoms with Gasteiger partial charge in [0.05, 0.1) is 6.61 Å². The molecule has 2 rings (SSSR count). The number of anilines is 2. The summed E-state index contributed by atoms with van der Waals surface area (Å²) in [6.45, 7) is 5.57. The fraction of sp³-hybridized carbons (Fsp3) is 0.692. The van der Waals surface area contributed by atoms with Crippen LogP contribution in [0.15, 0.2) is 0 Å². The van der Waals surface area contributed by atoms with Gasteiger partial charge in [-0.1, -0.05) is 0 Å². The van der Waals surface area contributed by atoms with Crippen molar-refractivity contribution in [2.24, 2.45) is 0 Å². The summed E-state index contributed by atoms with van der Waals surface area (Å²) in [6.07, 6.45) is 0.818. The maximum atomic E-state index is 12.2. The zero-order chi connectivity index (χ0) is 15.5. The van der Waals surface area contributed by atoms with E-state index in [0.717, 1.165) is 6.42 Å². The monoisotopic (exact) mass is 314 g/mol. The fourth-order valence-electron chi connectivity index (χ4n) is 2.18. The van der Waals surface area contributed by atoms with Gasteiger partial charge in [-0.05, 0) is 25.4 Å². The van der Waals surface area contributed by atoms with Crippen LogP contribution >= 0.6 is 11.5 Å². The van der Waals surface area contributed by atoms with E-state index in [0.29, 0.717) is 30.3 Å². The molecule has 8 heteroatoms. The van der Waals surface area contributed by atoms with Crippen LogP contribution in [-0.2, 0) is 9.47 Å². The number of hydrogen-bond donors (Lipinski definition) is 3. The Balaban J connectivity index is 2.08. The van der Waals surface area contributed by atoms with Crippen molar-refractivity contribution in [1.29, 1.82) is 0 Å². The summed E-state index contributed by atoms with van der Waals surface area (Å²) in [5.41, 5.74) is 5.85. The second-order valence-electron chi connectivity index (χ2n) is 5.44. The Morgan fingerprint density at radius 2 is 2.38 bits per heavy atom. The van der Waals surface area contributed by atoms with Crippen molar-refractivity contribution in [2.75, 3.05) is 37.9 Å². The van der Waals surface area contributed by atoms with Crippen LogP contribution in [0.5, 0.6) is 0 Å². The molecule has 0 radical (unpaired) electrons. The van der Waals surface area contributed by atoms with E-state index in [4.69, 9.17) is 15.2 Å². The predicted octanol–water partition coefficient (Wildman–Crippen LogP) is 1.08. The number of carbonyl (C=O) groups is 1. The number of nitrogens with zero attached hydrogens (tertiary/aromatic N) is 1. The molecule has 1 aromatic rings. The smallest absolute Gasteiger partial charge is 0.258 e. The molecule has 2 heterocycles. The molecule has 0 spiro atoms. The van der Waals surface area contributed by atoms with Gasteiger partial charge in [0.15, 0.2) is 5.82 Å². The Hall–Kier alpha value is -1.38. The van der Waals surface area contributed by atoms with Gasteiger partial charge in [0.25, 0.3) is 5.91 Å². The van der Waals surface area contributed by atoms with Crippen LogP contribution in [0.25, 0.3) is 0 Å². The first-order chi connectivity index (χ1) is 9.97. The topological polar surface area (TPSA) is 98.5 Å². The van der Waals surface area contributed by atoms with Crippen molar-refractivity contribution in [3.8, 4) is 0 Å². The van der Waals surface area contributed by atoms with Gasteiger partial charge >= 0.3 is 0 Å². The highest BCUT2D eigenvalue weighted by Crippen LogP contribution is 2.29. The van der Waals surface area contributed by atoms with Gasteiger partial charge in [0, 0.05) is 32.7 Å². The van der Waals surface area contributed by atoms with E-state index in [1.807, 2.05) is 13.8 Å². The second-order valence-corrected chi connectivity index (χ2v) is 6.22. The van der Waals surface area contributed by atoms with Gasteiger partial charge < -0.3 is 25.8 Å². The van der Waals surface area contributed by atoms with Crippen molar-refractivity contribution in [2.45, 2.75) is 31.9 Å². The van der Waals surface area contributed by atoms with Gasteiger partial charge in [0.2, 0.25) is 0 Å². The number of aromatic nitrogens is 1. The minimum absolute atomic E-state index is 0.0400. The van der Waals surface area contributed by atoms with E-state index in [2.05, 4.69) is 15.0 Å². The van der Waals surface area contributed by atoms with Crippen LogP contribution in [0.4, 0.5) is 10.8 Å². The van der Waals surface area contributed by atoms with Crippen LogP contribution in [-0.4, -0.2) is 48.8 Å². The highest BCUT2D eigenvalue weighted by molar-refractivity contribution is 7.11. The number of ether oxygens (including phenoxy) is 2. The highest BCUT2D eigenvalue weighted by atomic mass is 32.1. The van der Waals surface area contributed by atoms with Gasteiger partial charge in [0.1, 0.15) is 16.2 Å². The number of hydrogen-bond acceptors (Lipinski definition) is 7. The second kappa shape index (κ2) is 6.59. The van der Waals surface area contributed by atoms with Crippen LogP contribution in [0.2, 0.25) is 0 Å². The molecule has 4 N–H and O–H groups in total. The number of nitrogen functional groups attached to an aromatic ring is 1. The van der Waals surface area contributed by atoms with E-state index in [1.54, 1.807) is 7.11 Å². The average Bonchev–Trinajstić information content (AvgIpc) is 3.03. The molecule has 1 aliphatic rings. The molecule has 0 aromatic carbocycles. The average molecular weight is 314 g/mol. The summed E-state index contributed by atoms with van der Waals surface area (Å²) in [6, 6.07) is 0.0400. The first-order valence-electron chi connectivity index (χ1n) is 6.90. The molecule has 1 atom stereocenters. The minimum Gasteiger partial charge on any atom is -0.382 e. The Bertz CT molecular complexity index is 498. The highest BCUT2D eigenvalue weighted by Gasteiger charge is 2.35. The zero-order valence-corrected chi connectivity index (χ0v) is 13.4. The number of nitrogens with one attached hydrogen (secondary N) is 2. The lowest BCUT2D eigenvalue weighted by Crippen LogP contribution is -2.40. The largest absolute Gasteiger partial charge is 0.382 e. The fourth-order valence-corrected chi connectivity index (χ4v) is 2.89. The quantitative estimate of drug-likeness (QED) is 0.727. The van der Waals surface area contributed by atoms with Crippen molar-refractivity contribution in [3.63, 3.8) is 0 Å². The van der Waals surface area contributed by atoms with Crippen LogP contribution in [0, 0.1) is 0 Å². The lowest BCUT2D eigenvalue weighted by atomic mass is 10.0. The third kappa shape index (κ3) is 3.63. The number of rotatable bonds is 6. The standard InChI is InChI=1S/C13H22N4O3S/c1-8(2)16-11(18)9-10(14)17-21-12(9)15-6-13(19-3)4-5-20-7-13/h8,15H,4-7H2,1-3H3,(H2,14,17)(H,16,18). The summed E-state index contributed by atoms with van der Waals surface area (Å²) in [7, 11) is 1.67. The SMILES string of the molecule is COC1(CNc2snc(N)c2C(=O)NC(C)C)CCOC1. The number of methoxy groups -OCH3 is 1. The molecule has 0 aliphatic carbocycles. The molecule has 1 aromatic heterocycles. The van der Waals surface area contributed by atoms with Crippen molar-refractivity contribution in [1.82, 2.24) is 9.69 Å². The molecule has 0 bridgehead atoms. The van der Waals surface area contributed by atoms with Crippen molar-refractivity contribution in [3.05, 3.63) is 5.56 Å². The molecular weight excluding hydrogens is 292 g/mol. The van der Waals surface area contributed by atoms with Crippen molar-refractivity contribution >= 4 is 28.3 Å². The normalized spacial score (nSPS) is 21.7. The van der Waals surface area contributed by atoms with E-state index in [9.17, 15) is 4.79 Å². The van der Waals surface area contributed by atoms with Gasteiger partial charge in [-0.2, -0.15) is 4.37 Å². The summed E-state index contributed by atoms with van der Waals surface area (Å²) in [5.74, 6) is 0.0303. The van der Waals surface area contributed by atoms with Crippen molar-refractivity contribution < 1.29 is 14.3 Å². The van der Waals surface area contributed by atoms with Crippen LogP contribution < -0.4 is 16.4 Å². The Kier molecular flexibility index (Phi) is 5.02. The molecule has 21 heavy (non-hydrogen) atoms. The first-order valence-corrected chi connectivity index (χ1v) is 7.67. The maximum Gasteiger partial charge on any atom is 0.258 e. The number of nitrogens with two attached hydrogens (primary N) is 1. The molecule has 1 fully saturated rings. The molecular formula is C13H22N4O3S. The number of amides is 1. The summed E-state index contributed by atoms with van der Waals surface area (Å²) < 4.78 is 15.0. The Morgan fingerprint density at radius 3 is 2.95 bits per heavy atom. The van der Waals surface area contributed by atoms with E-state index in [-0.39, 0.29) is 23.4 Å². The zero-order valence-electron chi connectivity index (χ0n) is 12.6. The predicted molar refractivity (Wildman–Crippen MR) is 82.8 cm³/mol. The van der Waals surface area contributed by atoms with Gasteiger partial charge in [-0.15, -0.1) is 0 Å². The summed E-state index contributed by atoms with van der Waals surface area (Å²) in [5, 5.41) is 6.72. The summed E-state index contributed by atoms with van der Waals surface area (Å²) in [4.78, 5) is 12.2. The van der Waals surface area contributed by atoms with Crippen LogP contribution in [0.3, 0.4) is 0 Å². The minimum atomic E-state index is -0.357. The molecule has 7 nitrogen and oxygen atoms in total. The molecule has 0 saturated carbocycles. The van der Waals surface area contributed by atoms with Gasteiger partial charge in [-0.25, -0.2) is 0 Å². The van der Waals surface area contributed by atoms with Gasteiger partial charge in [-0.3, -0.25) is 4.79 Å². The summed E-state index contributed by atoms with van der Waals surface area (Å²) >= 11 is 1.18. The first kappa shape index (κ1) is 16.0.